The van der Waals surface area contributed by atoms with E-state index in [1.165, 1.54) is 18.3 Å². The fourth-order valence-corrected chi connectivity index (χ4v) is 3.83. The van der Waals surface area contributed by atoms with Crippen molar-refractivity contribution in [1.29, 1.82) is 5.26 Å². The Bertz CT molecular complexity index is 614. The van der Waals surface area contributed by atoms with Gasteiger partial charge in [-0.2, -0.15) is 5.26 Å². The van der Waals surface area contributed by atoms with E-state index >= 15 is 0 Å². The van der Waals surface area contributed by atoms with E-state index in [-0.39, 0.29) is 22.7 Å². The van der Waals surface area contributed by atoms with Crippen LogP contribution in [0.25, 0.3) is 0 Å². The Hall–Kier alpha value is -1.49. The maximum absolute atomic E-state index is 12.4. The molecule has 1 N–H and O–H groups in total. The van der Waals surface area contributed by atoms with Crippen molar-refractivity contribution < 1.29 is 8.42 Å². The summed E-state index contributed by atoms with van der Waals surface area (Å²) in [4.78, 5) is 6.32. The molecule has 108 valence electrons. The van der Waals surface area contributed by atoms with Crippen LogP contribution in [0, 0.1) is 11.3 Å². The van der Waals surface area contributed by atoms with E-state index in [0.29, 0.717) is 0 Å². The summed E-state index contributed by atoms with van der Waals surface area (Å²) >= 11 is 0. The lowest BCUT2D eigenvalue weighted by molar-refractivity contribution is 0.0790. The van der Waals surface area contributed by atoms with Gasteiger partial charge in [-0.3, -0.25) is 0 Å². The summed E-state index contributed by atoms with van der Waals surface area (Å²) in [7, 11) is -3.78. The van der Waals surface area contributed by atoms with Gasteiger partial charge in [0.2, 0.25) is 0 Å². The highest BCUT2D eigenvalue weighted by Crippen LogP contribution is 2.22. The summed E-state index contributed by atoms with van der Waals surface area (Å²) < 4.78 is 24.9. The molecule has 2 rings (SSSR count). The normalized spacial score (nSPS) is 24.2. The monoisotopic (exact) mass is 294 g/mol. The van der Waals surface area contributed by atoms with Crippen molar-refractivity contribution in [3.8, 4) is 6.07 Å². The molecule has 1 fully saturated rings. The molecule has 0 bridgehead atoms. The molecule has 0 aromatic carbocycles. The van der Waals surface area contributed by atoms with E-state index in [2.05, 4.69) is 9.82 Å². The van der Waals surface area contributed by atoms with Gasteiger partial charge in [0.25, 0.3) is 10.0 Å². The van der Waals surface area contributed by atoms with Gasteiger partial charge in [0, 0.05) is 18.3 Å². The minimum Gasteiger partial charge on any atom is -0.244 e. The number of piperidine rings is 1. The topological polar surface area (TPSA) is 86.1 Å². The van der Waals surface area contributed by atoms with Crippen LogP contribution < -0.4 is 4.83 Å². The zero-order valence-corrected chi connectivity index (χ0v) is 12.4. The molecule has 2 atom stereocenters. The Morgan fingerprint density at radius 2 is 2.05 bits per heavy atom. The zero-order chi connectivity index (χ0) is 14.8. The van der Waals surface area contributed by atoms with E-state index in [4.69, 9.17) is 5.26 Å². The third-order valence-corrected chi connectivity index (χ3v) is 4.94. The molecule has 1 aliphatic rings. The minimum atomic E-state index is -3.78. The molecule has 7 heteroatoms. The van der Waals surface area contributed by atoms with Crippen LogP contribution in [0.2, 0.25) is 0 Å². The summed E-state index contributed by atoms with van der Waals surface area (Å²) in [6, 6.07) is 4.99. The average Bonchev–Trinajstić information content (AvgIpc) is 2.43. The number of hydrogen-bond acceptors (Lipinski definition) is 5. The maximum atomic E-state index is 12.4. The highest BCUT2D eigenvalue weighted by atomic mass is 32.2. The van der Waals surface area contributed by atoms with Crippen molar-refractivity contribution in [1.82, 2.24) is 14.8 Å². The van der Waals surface area contributed by atoms with Gasteiger partial charge >= 0.3 is 0 Å². The second-order valence-corrected chi connectivity index (χ2v) is 6.72. The number of aromatic nitrogens is 1. The van der Waals surface area contributed by atoms with E-state index in [0.717, 1.165) is 19.3 Å². The number of sulfonamides is 1. The second-order valence-electron chi connectivity index (χ2n) is 5.09. The third-order valence-electron chi connectivity index (χ3n) is 3.59. The van der Waals surface area contributed by atoms with Gasteiger partial charge in [0.1, 0.15) is 11.0 Å². The summed E-state index contributed by atoms with van der Waals surface area (Å²) in [5.41, 5.74) is -0.0858. The van der Waals surface area contributed by atoms with Crippen LogP contribution in [0.1, 0.15) is 38.8 Å². The molecular weight excluding hydrogens is 276 g/mol. The first kappa shape index (κ1) is 14.9. The molecular formula is C13H18N4O2S. The van der Waals surface area contributed by atoms with Crippen LogP contribution in [0.5, 0.6) is 0 Å². The number of hydrogen-bond donors (Lipinski definition) is 1. The lowest BCUT2D eigenvalue weighted by Gasteiger charge is -2.38. The fourth-order valence-electron chi connectivity index (χ4n) is 2.48. The molecule has 0 aliphatic carbocycles. The van der Waals surface area contributed by atoms with Crippen LogP contribution in [-0.2, 0) is 10.0 Å². The van der Waals surface area contributed by atoms with Gasteiger partial charge in [0.15, 0.2) is 5.69 Å². The van der Waals surface area contributed by atoms with Crippen LogP contribution in [0.3, 0.4) is 0 Å². The van der Waals surface area contributed by atoms with Gasteiger partial charge < -0.3 is 0 Å². The SMILES string of the molecule is CC1CCCC(C)N1NS(=O)(=O)c1cccnc1C#N. The molecule has 1 aliphatic heterocycles. The number of pyridine rings is 1. The molecule has 6 nitrogen and oxygen atoms in total. The van der Waals surface area contributed by atoms with Crippen molar-refractivity contribution in [2.24, 2.45) is 0 Å². The molecule has 0 amide bonds. The van der Waals surface area contributed by atoms with Crippen LogP contribution >= 0.6 is 0 Å². The van der Waals surface area contributed by atoms with Crippen molar-refractivity contribution in [2.45, 2.75) is 50.1 Å². The first-order valence-corrected chi connectivity index (χ1v) is 8.10. The van der Waals surface area contributed by atoms with Crippen molar-refractivity contribution in [3.63, 3.8) is 0 Å². The van der Waals surface area contributed by atoms with Crippen molar-refractivity contribution in [3.05, 3.63) is 24.0 Å². The number of nitrogens with zero attached hydrogens (tertiary/aromatic N) is 3. The molecule has 0 spiro atoms. The van der Waals surface area contributed by atoms with Crippen LogP contribution in [-0.4, -0.2) is 30.5 Å². The van der Waals surface area contributed by atoms with E-state index in [9.17, 15) is 8.42 Å². The summed E-state index contributed by atoms with van der Waals surface area (Å²) in [6.07, 6.45) is 4.40. The smallest absolute Gasteiger partial charge is 0.244 e. The molecule has 20 heavy (non-hydrogen) atoms. The quantitative estimate of drug-likeness (QED) is 0.911. The predicted molar refractivity (Wildman–Crippen MR) is 73.9 cm³/mol. The van der Waals surface area contributed by atoms with Gasteiger partial charge in [-0.05, 0) is 38.8 Å². The Kier molecular flexibility index (Phi) is 4.38. The van der Waals surface area contributed by atoms with Crippen molar-refractivity contribution >= 4 is 10.0 Å². The number of nitriles is 1. The molecule has 2 unspecified atom stereocenters. The molecule has 0 saturated carbocycles. The molecule has 1 saturated heterocycles. The number of hydrazine groups is 1. The highest BCUT2D eigenvalue weighted by molar-refractivity contribution is 7.89. The molecule has 1 aromatic heterocycles. The summed E-state index contributed by atoms with van der Waals surface area (Å²) in [6.45, 7) is 3.99. The lowest BCUT2D eigenvalue weighted by atomic mass is 10.0. The summed E-state index contributed by atoms with van der Waals surface area (Å²) in [5.74, 6) is 0. The Morgan fingerprint density at radius 1 is 1.40 bits per heavy atom. The lowest BCUT2D eigenvalue weighted by Crippen LogP contribution is -2.54. The Labute approximate surface area is 119 Å². The van der Waals surface area contributed by atoms with Crippen LogP contribution in [0.4, 0.5) is 0 Å². The molecule has 1 aromatic rings. The standard InChI is InChI=1S/C13H18N4O2S/c1-10-5-3-6-11(2)17(10)16-20(18,19)13-7-4-8-15-12(13)9-14/h4,7-8,10-11,16H,3,5-6H2,1-2H3. The largest absolute Gasteiger partial charge is 0.256 e. The number of nitrogens with one attached hydrogen (secondary N) is 1. The number of rotatable bonds is 3. The zero-order valence-electron chi connectivity index (χ0n) is 11.6. The first-order chi connectivity index (χ1) is 9.45. The fraction of sp³-hybridized carbons (Fsp3) is 0.538. The Balaban J connectivity index is 2.29. The third kappa shape index (κ3) is 2.98. The minimum absolute atomic E-state index is 0.0764. The molecule has 0 radical (unpaired) electrons. The van der Waals surface area contributed by atoms with Crippen molar-refractivity contribution in [2.75, 3.05) is 0 Å². The summed E-state index contributed by atoms with van der Waals surface area (Å²) in [5, 5.41) is 10.7. The second kappa shape index (κ2) is 5.87. The molecule has 2 heterocycles. The van der Waals surface area contributed by atoms with E-state index < -0.39 is 10.0 Å². The van der Waals surface area contributed by atoms with E-state index in [1.807, 2.05) is 19.9 Å². The van der Waals surface area contributed by atoms with Gasteiger partial charge in [-0.1, -0.05) is 6.42 Å². The highest BCUT2D eigenvalue weighted by Gasteiger charge is 2.30. The van der Waals surface area contributed by atoms with Gasteiger partial charge in [0.05, 0.1) is 0 Å². The predicted octanol–water partition coefficient (Wildman–Crippen LogP) is 1.41. The maximum Gasteiger partial charge on any atom is 0.256 e. The van der Waals surface area contributed by atoms with Gasteiger partial charge in [-0.25, -0.2) is 18.4 Å². The van der Waals surface area contributed by atoms with E-state index in [1.54, 1.807) is 5.01 Å². The average molecular weight is 294 g/mol. The first-order valence-electron chi connectivity index (χ1n) is 6.61. The Morgan fingerprint density at radius 3 is 2.65 bits per heavy atom. The van der Waals surface area contributed by atoms with Crippen LogP contribution in [0.15, 0.2) is 23.2 Å². The van der Waals surface area contributed by atoms with Gasteiger partial charge in [-0.15, -0.1) is 4.83 Å².